The third-order valence-corrected chi connectivity index (χ3v) is 7.98. The highest BCUT2D eigenvalue weighted by atomic mass is 16.5. The standard InChI is InChI=1S/C25H30N2O6/c1-14-10-25(24(31)27(14)20-13-33-22(29)16(20)3)6-8-26(9-7-25)11-21(28)17-4-5-18-19(15(17)2)12-32-23(18)30/h4-5,14,21,28H,6-13H2,1-3H3. The third kappa shape index (κ3) is 3.47. The van der Waals surface area contributed by atoms with Crippen molar-refractivity contribution >= 4 is 17.8 Å². The Hall–Kier alpha value is -2.71. The van der Waals surface area contributed by atoms with Crippen molar-refractivity contribution in [2.45, 2.75) is 58.8 Å². The molecule has 176 valence electrons. The Bertz CT molecular complexity index is 1070. The van der Waals surface area contributed by atoms with Crippen LogP contribution in [-0.4, -0.2) is 65.0 Å². The largest absolute Gasteiger partial charge is 0.457 e. The van der Waals surface area contributed by atoms with Gasteiger partial charge in [0.25, 0.3) is 0 Å². The lowest BCUT2D eigenvalue weighted by Gasteiger charge is -2.38. The highest BCUT2D eigenvalue weighted by Crippen LogP contribution is 2.47. The van der Waals surface area contributed by atoms with E-state index in [2.05, 4.69) is 4.90 Å². The molecular formula is C25H30N2O6. The summed E-state index contributed by atoms with van der Waals surface area (Å²) in [6, 6.07) is 3.59. The molecule has 1 aromatic rings. The number of likely N-dealkylation sites (tertiary alicyclic amines) is 2. The van der Waals surface area contributed by atoms with E-state index in [-0.39, 0.29) is 37.1 Å². The molecule has 0 aromatic heterocycles. The fourth-order valence-electron chi connectivity index (χ4n) is 5.96. The number of aliphatic hydroxyl groups is 1. The van der Waals surface area contributed by atoms with Gasteiger partial charge in [-0.05, 0) is 70.3 Å². The minimum atomic E-state index is -0.677. The Morgan fingerprint density at radius 3 is 2.45 bits per heavy atom. The predicted octanol–water partition coefficient (Wildman–Crippen LogP) is 2.23. The van der Waals surface area contributed by atoms with Crippen molar-refractivity contribution in [1.29, 1.82) is 0 Å². The molecule has 33 heavy (non-hydrogen) atoms. The zero-order valence-electron chi connectivity index (χ0n) is 19.3. The van der Waals surface area contributed by atoms with E-state index in [0.717, 1.165) is 49.0 Å². The third-order valence-electron chi connectivity index (χ3n) is 7.98. The van der Waals surface area contributed by atoms with E-state index in [1.54, 1.807) is 17.9 Å². The zero-order chi connectivity index (χ0) is 23.5. The van der Waals surface area contributed by atoms with Gasteiger partial charge in [-0.25, -0.2) is 9.59 Å². The Morgan fingerprint density at radius 1 is 1.09 bits per heavy atom. The van der Waals surface area contributed by atoms with Crippen LogP contribution in [0.5, 0.6) is 0 Å². The molecule has 5 rings (SSSR count). The van der Waals surface area contributed by atoms with Gasteiger partial charge in [-0.1, -0.05) is 6.07 Å². The molecule has 0 aliphatic carbocycles. The van der Waals surface area contributed by atoms with Gasteiger partial charge in [0.1, 0.15) is 13.2 Å². The van der Waals surface area contributed by atoms with Crippen molar-refractivity contribution in [2.75, 3.05) is 26.2 Å². The van der Waals surface area contributed by atoms with Gasteiger partial charge in [-0.15, -0.1) is 0 Å². The van der Waals surface area contributed by atoms with Gasteiger partial charge in [0.15, 0.2) is 0 Å². The molecule has 0 radical (unpaired) electrons. The van der Waals surface area contributed by atoms with E-state index < -0.39 is 11.5 Å². The van der Waals surface area contributed by atoms with Gasteiger partial charge in [0.05, 0.1) is 28.4 Å². The number of hydrogen-bond acceptors (Lipinski definition) is 7. The average molecular weight is 455 g/mol. The van der Waals surface area contributed by atoms with Crippen molar-refractivity contribution in [2.24, 2.45) is 5.41 Å². The normalized spacial score (nSPS) is 25.6. The maximum Gasteiger partial charge on any atom is 0.338 e. The van der Waals surface area contributed by atoms with Crippen LogP contribution < -0.4 is 0 Å². The van der Waals surface area contributed by atoms with E-state index in [1.807, 2.05) is 19.9 Å². The predicted molar refractivity (Wildman–Crippen MR) is 118 cm³/mol. The van der Waals surface area contributed by atoms with E-state index in [1.165, 1.54) is 0 Å². The monoisotopic (exact) mass is 454 g/mol. The molecule has 2 unspecified atom stereocenters. The number of carbonyl (C=O) groups is 3. The number of nitrogens with zero attached hydrogens (tertiary/aromatic N) is 2. The topological polar surface area (TPSA) is 96.4 Å². The number of piperidine rings is 1. The second-order valence-electron chi connectivity index (χ2n) is 9.85. The number of esters is 2. The van der Waals surface area contributed by atoms with Crippen LogP contribution >= 0.6 is 0 Å². The Kier molecular flexibility index (Phi) is 5.33. The first-order chi connectivity index (χ1) is 15.7. The van der Waals surface area contributed by atoms with Crippen LogP contribution in [0.3, 0.4) is 0 Å². The summed E-state index contributed by atoms with van der Waals surface area (Å²) in [7, 11) is 0. The first-order valence-corrected chi connectivity index (χ1v) is 11.6. The maximum atomic E-state index is 13.5. The molecule has 4 aliphatic heterocycles. The molecule has 1 N–H and O–H groups in total. The molecule has 2 saturated heterocycles. The number of carbonyl (C=O) groups excluding carboxylic acids is 3. The summed E-state index contributed by atoms with van der Waals surface area (Å²) >= 11 is 0. The molecule has 8 nitrogen and oxygen atoms in total. The quantitative estimate of drug-likeness (QED) is 0.697. The van der Waals surface area contributed by atoms with E-state index in [0.29, 0.717) is 23.4 Å². The van der Waals surface area contributed by atoms with Gasteiger partial charge in [0.2, 0.25) is 5.91 Å². The number of ether oxygens (including phenoxy) is 2. The van der Waals surface area contributed by atoms with E-state index in [4.69, 9.17) is 9.47 Å². The highest BCUT2D eigenvalue weighted by molar-refractivity contribution is 5.95. The minimum absolute atomic E-state index is 0.0353. The van der Waals surface area contributed by atoms with E-state index in [9.17, 15) is 19.5 Å². The second-order valence-corrected chi connectivity index (χ2v) is 9.85. The SMILES string of the molecule is CC1=C(N2C(=O)C3(CCN(CC(O)c4ccc5c(c4C)COC5=O)CC3)CC2C)COC1=O. The number of benzene rings is 1. The number of cyclic esters (lactones) is 2. The Balaban J connectivity index is 1.25. The van der Waals surface area contributed by atoms with Crippen LogP contribution in [0, 0.1) is 12.3 Å². The summed E-state index contributed by atoms with van der Waals surface area (Å²) in [5, 5.41) is 10.9. The van der Waals surface area contributed by atoms with Crippen LogP contribution in [0.15, 0.2) is 23.4 Å². The molecule has 1 spiro atoms. The summed E-state index contributed by atoms with van der Waals surface area (Å²) in [5.74, 6) is -0.547. The summed E-state index contributed by atoms with van der Waals surface area (Å²) in [6.07, 6.45) is 1.55. The van der Waals surface area contributed by atoms with Crippen molar-refractivity contribution in [3.05, 3.63) is 45.7 Å². The number of hydrogen-bond donors (Lipinski definition) is 1. The van der Waals surface area contributed by atoms with Gasteiger partial charge in [0, 0.05) is 18.2 Å². The summed E-state index contributed by atoms with van der Waals surface area (Å²) in [6.45, 7) is 8.04. The Labute approximate surface area is 193 Å². The Morgan fingerprint density at radius 2 is 1.79 bits per heavy atom. The molecule has 0 bridgehead atoms. The number of rotatable bonds is 4. The number of β-amino-alcohol motifs (C(OH)–C–C–N with tert-alkyl or cyclic N) is 1. The smallest absolute Gasteiger partial charge is 0.338 e. The molecule has 0 saturated carbocycles. The molecule has 4 aliphatic rings. The van der Waals surface area contributed by atoms with Gasteiger partial charge < -0.3 is 24.4 Å². The van der Waals surface area contributed by atoms with Gasteiger partial charge in [-0.3, -0.25) is 4.79 Å². The number of fused-ring (bicyclic) bond motifs is 1. The molecule has 2 fully saturated rings. The first kappa shape index (κ1) is 22.1. The van der Waals surface area contributed by atoms with Crippen molar-refractivity contribution in [1.82, 2.24) is 9.80 Å². The maximum absolute atomic E-state index is 13.5. The van der Waals surface area contributed by atoms with Crippen LogP contribution in [0.1, 0.15) is 66.3 Å². The molecule has 1 aromatic carbocycles. The number of amides is 1. The molecule has 8 heteroatoms. The van der Waals surface area contributed by atoms with Crippen LogP contribution in [-0.2, 0) is 25.7 Å². The van der Waals surface area contributed by atoms with Gasteiger partial charge in [-0.2, -0.15) is 0 Å². The fraction of sp³-hybridized carbons (Fsp3) is 0.560. The molecular weight excluding hydrogens is 424 g/mol. The van der Waals surface area contributed by atoms with Gasteiger partial charge >= 0.3 is 11.9 Å². The summed E-state index contributed by atoms with van der Waals surface area (Å²) in [4.78, 5) is 41.1. The zero-order valence-corrected chi connectivity index (χ0v) is 19.3. The lowest BCUT2D eigenvalue weighted by molar-refractivity contribution is -0.139. The number of aliphatic hydroxyl groups excluding tert-OH is 1. The highest BCUT2D eigenvalue weighted by Gasteiger charge is 2.53. The van der Waals surface area contributed by atoms with Crippen molar-refractivity contribution in [3.8, 4) is 0 Å². The second kappa shape index (κ2) is 7.95. The van der Waals surface area contributed by atoms with Crippen molar-refractivity contribution in [3.63, 3.8) is 0 Å². The minimum Gasteiger partial charge on any atom is -0.457 e. The molecule has 1 amide bonds. The molecule has 2 atom stereocenters. The summed E-state index contributed by atoms with van der Waals surface area (Å²) in [5.41, 5.74) is 4.00. The van der Waals surface area contributed by atoms with Crippen molar-refractivity contribution < 1.29 is 29.0 Å². The summed E-state index contributed by atoms with van der Waals surface area (Å²) < 4.78 is 10.3. The first-order valence-electron chi connectivity index (χ1n) is 11.6. The molecule has 4 heterocycles. The lowest BCUT2D eigenvalue weighted by Crippen LogP contribution is -2.45. The fourth-order valence-corrected chi connectivity index (χ4v) is 5.96. The van der Waals surface area contributed by atoms with Crippen LogP contribution in [0.2, 0.25) is 0 Å². The average Bonchev–Trinajstić information content (AvgIpc) is 3.40. The van der Waals surface area contributed by atoms with Crippen LogP contribution in [0.4, 0.5) is 0 Å². The van der Waals surface area contributed by atoms with Crippen LogP contribution in [0.25, 0.3) is 0 Å². The van der Waals surface area contributed by atoms with E-state index >= 15 is 0 Å². The lowest BCUT2D eigenvalue weighted by atomic mass is 9.76.